The van der Waals surface area contributed by atoms with E-state index in [4.69, 9.17) is 0 Å². The van der Waals surface area contributed by atoms with Gasteiger partial charge < -0.3 is 15.1 Å². The van der Waals surface area contributed by atoms with Crippen LogP contribution in [0.5, 0.6) is 0 Å². The molecule has 0 aromatic heterocycles. The quantitative estimate of drug-likeness (QED) is 0.420. The van der Waals surface area contributed by atoms with Gasteiger partial charge in [-0.15, -0.1) is 24.0 Å². The van der Waals surface area contributed by atoms with Crippen molar-refractivity contribution in [1.29, 1.82) is 0 Å². The van der Waals surface area contributed by atoms with Crippen LogP contribution >= 0.6 is 24.0 Å². The number of carbonyl (C=O) groups is 1. The standard InChI is InChI=1S/C17H32N4O.HI/c1-13-9-10-21(12-14(13)2)17(18-11-16(22)20(3)4)19-15-7-5-6-8-15;/h13-15H,5-12H2,1-4H3,(H,18,19);1H. The van der Waals surface area contributed by atoms with E-state index < -0.39 is 0 Å². The van der Waals surface area contributed by atoms with E-state index in [0.717, 1.165) is 25.0 Å². The first-order chi connectivity index (χ1) is 10.5. The number of hydrogen-bond acceptors (Lipinski definition) is 2. The van der Waals surface area contributed by atoms with Gasteiger partial charge in [0, 0.05) is 33.2 Å². The average molecular weight is 436 g/mol. The third-order valence-electron chi connectivity index (χ3n) is 5.18. The molecule has 6 heteroatoms. The lowest BCUT2D eigenvalue weighted by Crippen LogP contribution is -2.50. The summed E-state index contributed by atoms with van der Waals surface area (Å²) < 4.78 is 0. The molecule has 2 aliphatic rings. The smallest absolute Gasteiger partial charge is 0.243 e. The fourth-order valence-electron chi connectivity index (χ4n) is 3.23. The molecule has 1 amide bonds. The number of piperidine rings is 1. The maximum atomic E-state index is 11.9. The molecule has 1 saturated heterocycles. The molecule has 0 radical (unpaired) electrons. The van der Waals surface area contributed by atoms with E-state index in [2.05, 4.69) is 29.1 Å². The summed E-state index contributed by atoms with van der Waals surface area (Å²) in [5, 5.41) is 3.62. The molecular formula is C17H33IN4O. The van der Waals surface area contributed by atoms with Gasteiger partial charge in [0.2, 0.25) is 5.91 Å². The Hall–Kier alpha value is -0.530. The van der Waals surface area contributed by atoms with Crippen molar-refractivity contribution in [3.63, 3.8) is 0 Å². The van der Waals surface area contributed by atoms with Gasteiger partial charge >= 0.3 is 0 Å². The van der Waals surface area contributed by atoms with Crippen molar-refractivity contribution in [3.8, 4) is 0 Å². The van der Waals surface area contributed by atoms with Crippen molar-refractivity contribution >= 4 is 35.8 Å². The molecule has 1 saturated carbocycles. The Balaban J connectivity index is 0.00000264. The molecular weight excluding hydrogens is 403 g/mol. The van der Waals surface area contributed by atoms with Gasteiger partial charge in [-0.05, 0) is 31.1 Å². The molecule has 1 aliphatic carbocycles. The van der Waals surface area contributed by atoms with Gasteiger partial charge in [0.05, 0.1) is 0 Å². The molecule has 5 nitrogen and oxygen atoms in total. The second-order valence-electron chi connectivity index (χ2n) is 7.24. The topological polar surface area (TPSA) is 47.9 Å². The maximum absolute atomic E-state index is 11.9. The minimum absolute atomic E-state index is 0. The molecule has 0 spiro atoms. The molecule has 1 N–H and O–H groups in total. The van der Waals surface area contributed by atoms with Crippen molar-refractivity contribution < 1.29 is 4.79 Å². The predicted octanol–water partition coefficient (Wildman–Crippen LogP) is 2.56. The van der Waals surface area contributed by atoms with Gasteiger partial charge in [-0.2, -0.15) is 0 Å². The van der Waals surface area contributed by atoms with E-state index in [9.17, 15) is 4.79 Å². The highest BCUT2D eigenvalue weighted by Gasteiger charge is 2.26. The van der Waals surface area contributed by atoms with Gasteiger partial charge in [-0.3, -0.25) is 4.79 Å². The normalized spacial score (nSPS) is 25.9. The molecule has 1 aliphatic heterocycles. The van der Waals surface area contributed by atoms with Crippen LogP contribution in [0.1, 0.15) is 46.0 Å². The van der Waals surface area contributed by atoms with E-state index in [-0.39, 0.29) is 36.4 Å². The minimum Gasteiger partial charge on any atom is -0.353 e. The third kappa shape index (κ3) is 6.12. The fraction of sp³-hybridized carbons (Fsp3) is 0.882. The number of guanidine groups is 1. The Morgan fingerprint density at radius 1 is 1.17 bits per heavy atom. The second kappa shape index (κ2) is 9.69. The minimum atomic E-state index is 0. The maximum Gasteiger partial charge on any atom is 0.243 e. The molecule has 0 aromatic rings. The molecule has 23 heavy (non-hydrogen) atoms. The lowest BCUT2D eigenvalue weighted by Gasteiger charge is -2.38. The van der Waals surface area contributed by atoms with Gasteiger partial charge in [0.25, 0.3) is 0 Å². The first kappa shape index (κ1) is 20.5. The van der Waals surface area contributed by atoms with Gasteiger partial charge in [-0.25, -0.2) is 4.99 Å². The van der Waals surface area contributed by atoms with Crippen LogP contribution in [0.4, 0.5) is 0 Å². The van der Waals surface area contributed by atoms with E-state index >= 15 is 0 Å². The van der Waals surface area contributed by atoms with Crippen molar-refractivity contribution in [1.82, 2.24) is 15.1 Å². The van der Waals surface area contributed by atoms with Crippen molar-refractivity contribution in [2.45, 2.75) is 52.0 Å². The van der Waals surface area contributed by atoms with Crippen LogP contribution in [-0.4, -0.2) is 61.4 Å². The summed E-state index contributed by atoms with van der Waals surface area (Å²) in [5.74, 6) is 2.45. The molecule has 0 aromatic carbocycles. The van der Waals surface area contributed by atoms with Crippen LogP contribution in [0.3, 0.4) is 0 Å². The Bertz CT molecular complexity index is 407. The molecule has 1 heterocycles. The molecule has 2 unspecified atom stereocenters. The fourth-order valence-corrected chi connectivity index (χ4v) is 3.23. The molecule has 2 atom stereocenters. The largest absolute Gasteiger partial charge is 0.353 e. The highest BCUT2D eigenvalue weighted by Crippen LogP contribution is 2.23. The van der Waals surface area contributed by atoms with Crippen molar-refractivity contribution in [2.75, 3.05) is 33.7 Å². The van der Waals surface area contributed by atoms with E-state index in [0.29, 0.717) is 12.0 Å². The number of halogens is 1. The zero-order valence-electron chi connectivity index (χ0n) is 15.0. The van der Waals surface area contributed by atoms with Gasteiger partial charge in [0.15, 0.2) is 5.96 Å². The summed E-state index contributed by atoms with van der Waals surface area (Å²) in [6, 6.07) is 0.530. The Morgan fingerprint density at radius 3 is 2.39 bits per heavy atom. The molecule has 2 fully saturated rings. The second-order valence-corrected chi connectivity index (χ2v) is 7.24. The summed E-state index contributed by atoms with van der Waals surface area (Å²) in [5.41, 5.74) is 0. The zero-order chi connectivity index (χ0) is 16.1. The monoisotopic (exact) mass is 436 g/mol. The number of carbonyl (C=O) groups excluding carboxylic acids is 1. The Morgan fingerprint density at radius 2 is 1.83 bits per heavy atom. The SMILES string of the molecule is CC1CCN(C(=NCC(=O)N(C)C)NC2CCCC2)CC1C.I. The van der Waals surface area contributed by atoms with E-state index in [1.165, 1.54) is 32.1 Å². The van der Waals surface area contributed by atoms with Crippen molar-refractivity contribution in [2.24, 2.45) is 16.8 Å². The Labute approximate surface area is 158 Å². The summed E-state index contributed by atoms with van der Waals surface area (Å²) >= 11 is 0. The van der Waals surface area contributed by atoms with E-state index in [1.54, 1.807) is 19.0 Å². The van der Waals surface area contributed by atoms with Crippen LogP contribution in [0, 0.1) is 11.8 Å². The highest BCUT2D eigenvalue weighted by molar-refractivity contribution is 14.0. The number of nitrogens with one attached hydrogen (secondary N) is 1. The lowest BCUT2D eigenvalue weighted by atomic mass is 9.89. The number of aliphatic imine (C=N–C) groups is 1. The van der Waals surface area contributed by atoms with Gasteiger partial charge in [-0.1, -0.05) is 26.7 Å². The Kier molecular flexibility index (Phi) is 8.64. The molecule has 134 valence electrons. The first-order valence-electron chi connectivity index (χ1n) is 8.73. The summed E-state index contributed by atoms with van der Waals surface area (Å²) in [4.78, 5) is 20.4. The lowest BCUT2D eigenvalue weighted by molar-refractivity contribution is -0.127. The molecule has 2 rings (SSSR count). The average Bonchev–Trinajstić information content (AvgIpc) is 2.99. The van der Waals surface area contributed by atoms with Crippen LogP contribution in [0.25, 0.3) is 0 Å². The summed E-state index contributed by atoms with van der Waals surface area (Å²) in [6.45, 7) is 6.96. The number of likely N-dealkylation sites (N-methyl/N-ethyl adjacent to an activating group) is 1. The van der Waals surface area contributed by atoms with Gasteiger partial charge in [0.1, 0.15) is 6.54 Å². The van der Waals surface area contributed by atoms with Crippen LogP contribution in [0.2, 0.25) is 0 Å². The van der Waals surface area contributed by atoms with Crippen molar-refractivity contribution in [3.05, 3.63) is 0 Å². The third-order valence-corrected chi connectivity index (χ3v) is 5.18. The summed E-state index contributed by atoms with van der Waals surface area (Å²) in [7, 11) is 3.57. The number of nitrogens with zero attached hydrogens (tertiary/aromatic N) is 3. The number of likely N-dealkylation sites (tertiary alicyclic amines) is 1. The highest BCUT2D eigenvalue weighted by atomic mass is 127. The number of rotatable bonds is 3. The van der Waals surface area contributed by atoms with E-state index in [1.807, 2.05) is 0 Å². The molecule has 0 bridgehead atoms. The zero-order valence-corrected chi connectivity index (χ0v) is 17.4. The first-order valence-corrected chi connectivity index (χ1v) is 8.73. The van der Waals surface area contributed by atoms with Crippen LogP contribution in [0.15, 0.2) is 4.99 Å². The van der Waals surface area contributed by atoms with Crippen LogP contribution < -0.4 is 5.32 Å². The summed E-state index contributed by atoms with van der Waals surface area (Å²) in [6.07, 6.45) is 6.25. The number of hydrogen-bond donors (Lipinski definition) is 1. The van der Waals surface area contributed by atoms with Crippen LogP contribution in [-0.2, 0) is 4.79 Å². The predicted molar refractivity (Wildman–Crippen MR) is 106 cm³/mol. The number of amides is 1.